The molecule has 0 radical (unpaired) electrons. The van der Waals surface area contributed by atoms with E-state index in [1.165, 1.54) is 21.7 Å². The monoisotopic (exact) mass is 488 g/mol. The molecule has 1 aromatic heterocycles. The Morgan fingerprint density at radius 2 is 2.00 bits per heavy atom. The number of unbranched alkanes of at least 4 members (excludes halogenated alkanes) is 1. The molecule has 0 aliphatic carbocycles. The highest BCUT2D eigenvalue weighted by atomic mass is 32.1. The van der Waals surface area contributed by atoms with E-state index in [4.69, 9.17) is 9.72 Å². The van der Waals surface area contributed by atoms with E-state index in [1.54, 1.807) is 11.3 Å². The van der Waals surface area contributed by atoms with Crippen LogP contribution in [0.1, 0.15) is 108 Å². The largest absolute Gasteiger partial charge is 0.356 e. The molecule has 2 rings (SSSR count). The van der Waals surface area contributed by atoms with Crippen molar-refractivity contribution in [1.29, 1.82) is 0 Å². The van der Waals surface area contributed by atoms with Gasteiger partial charge in [-0.2, -0.15) is 0 Å². The summed E-state index contributed by atoms with van der Waals surface area (Å²) in [5, 5.41) is 12.1. The fraction of sp³-hybridized carbons (Fsp3) is 0.690. The van der Waals surface area contributed by atoms with Crippen LogP contribution < -0.4 is 0 Å². The second kappa shape index (κ2) is 14.3. The fourth-order valence-corrected chi connectivity index (χ4v) is 5.58. The molecule has 0 amide bonds. The van der Waals surface area contributed by atoms with E-state index >= 15 is 0 Å². The van der Waals surface area contributed by atoms with E-state index in [1.807, 2.05) is 6.08 Å². The minimum Gasteiger partial charge on any atom is -0.356 e. The van der Waals surface area contributed by atoms with Gasteiger partial charge in [-0.15, -0.1) is 17.9 Å². The second-order valence-corrected chi connectivity index (χ2v) is 11.4. The van der Waals surface area contributed by atoms with Crippen LogP contribution >= 0.6 is 11.3 Å². The van der Waals surface area contributed by atoms with Gasteiger partial charge in [0, 0.05) is 24.4 Å². The Morgan fingerprint density at radius 3 is 2.65 bits per heavy atom. The normalized spacial score (nSPS) is 17.4. The van der Waals surface area contributed by atoms with Gasteiger partial charge >= 0.3 is 0 Å². The van der Waals surface area contributed by atoms with Crippen molar-refractivity contribution in [1.82, 2.24) is 9.88 Å². The summed E-state index contributed by atoms with van der Waals surface area (Å²) in [5.41, 5.74) is 3.61. The molecule has 2 atom stereocenters. The molecule has 0 fully saturated rings. The predicted octanol–water partition coefficient (Wildman–Crippen LogP) is 7.88. The maximum atomic E-state index is 10.9. The van der Waals surface area contributed by atoms with Crippen LogP contribution in [-0.4, -0.2) is 33.6 Å². The topological polar surface area (TPSA) is 45.6 Å². The number of allylic oxidation sites excluding steroid dienone is 3. The summed E-state index contributed by atoms with van der Waals surface area (Å²) in [5.74, 6) is 0.347. The third kappa shape index (κ3) is 8.75. The molecule has 1 aromatic rings. The molecule has 0 aromatic carbocycles. The second-order valence-electron chi connectivity index (χ2n) is 10.3. The molecule has 34 heavy (non-hydrogen) atoms. The van der Waals surface area contributed by atoms with Gasteiger partial charge in [0.05, 0.1) is 11.3 Å². The van der Waals surface area contributed by atoms with Gasteiger partial charge in [-0.3, -0.25) is 0 Å². The van der Waals surface area contributed by atoms with Gasteiger partial charge in [-0.25, -0.2) is 9.88 Å². The van der Waals surface area contributed by atoms with E-state index in [9.17, 15) is 5.11 Å². The highest BCUT2D eigenvalue weighted by Crippen LogP contribution is 2.32. The maximum absolute atomic E-state index is 10.9. The number of hydrogen-bond acceptors (Lipinski definition) is 5. The molecular formula is C29H48N2O2S. The first-order chi connectivity index (χ1) is 16.2. The Balaban J connectivity index is 2.03. The lowest BCUT2D eigenvalue weighted by molar-refractivity contribution is -0.264. The molecular weight excluding hydrogens is 440 g/mol. The number of rotatable bonds is 16. The van der Waals surface area contributed by atoms with Crippen LogP contribution in [0.5, 0.6) is 0 Å². The summed E-state index contributed by atoms with van der Waals surface area (Å²) in [6, 6.07) is 0. The standard InChI is InChI=1S/C29H48N2O2S/c1-8-11-18-29(7,22(4)5)33-28(32)31-19-17-25-26(21-31)34-27(30-25)20-24(14-10-3)16-12-15-23(6)13-9-2/h9,20,22,28,32H,2,6,8,10-19,21H2,1,3-5,7H3. The SMILES string of the molecule is C=CCC(=C)CCCC(=Cc1nc2c(s1)CN(C(O)OC(C)(CCCC)C(C)C)CC2)CCC. The molecule has 192 valence electrons. The minimum atomic E-state index is -0.877. The zero-order valence-electron chi connectivity index (χ0n) is 22.4. The Kier molecular flexibility index (Phi) is 12.2. The quantitative estimate of drug-likeness (QED) is 0.190. The lowest BCUT2D eigenvalue weighted by Gasteiger charge is -2.40. The summed E-state index contributed by atoms with van der Waals surface area (Å²) in [6.45, 7) is 20.4. The van der Waals surface area contributed by atoms with Crippen LogP contribution in [-0.2, 0) is 17.7 Å². The van der Waals surface area contributed by atoms with Crippen molar-refractivity contribution in [2.24, 2.45) is 5.92 Å². The Hall–Kier alpha value is -1.27. The van der Waals surface area contributed by atoms with Gasteiger partial charge in [0.1, 0.15) is 5.01 Å². The highest BCUT2D eigenvalue weighted by Gasteiger charge is 2.34. The van der Waals surface area contributed by atoms with E-state index in [2.05, 4.69) is 58.8 Å². The number of nitrogens with zero attached hydrogens (tertiary/aromatic N) is 2. The van der Waals surface area contributed by atoms with Crippen LogP contribution in [0.25, 0.3) is 6.08 Å². The van der Waals surface area contributed by atoms with Crippen molar-refractivity contribution >= 4 is 17.4 Å². The van der Waals surface area contributed by atoms with Gasteiger partial charge in [0.15, 0.2) is 0 Å². The lowest BCUT2D eigenvalue weighted by Crippen LogP contribution is -2.47. The molecule has 0 saturated carbocycles. The smallest absolute Gasteiger partial charge is 0.216 e. The molecule has 2 heterocycles. The summed E-state index contributed by atoms with van der Waals surface area (Å²) >= 11 is 1.77. The van der Waals surface area contributed by atoms with Gasteiger partial charge in [0.25, 0.3) is 0 Å². The number of aliphatic hydroxyl groups excluding tert-OH is 1. The lowest BCUT2D eigenvalue weighted by atomic mass is 9.87. The molecule has 5 heteroatoms. The molecule has 0 spiro atoms. The van der Waals surface area contributed by atoms with Gasteiger partial charge in [-0.1, -0.05) is 70.8 Å². The van der Waals surface area contributed by atoms with Crippen molar-refractivity contribution in [3.8, 4) is 0 Å². The highest BCUT2D eigenvalue weighted by molar-refractivity contribution is 7.12. The Labute approximate surface area is 212 Å². The summed E-state index contributed by atoms with van der Waals surface area (Å²) in [6.07, 6.45) is 13.9. The van der Waals surface area contributed by atoms with Crippen LogP contribution in [0.2, 0.25) is 0 Å². The summed E-state index contributed by atoms with van der Waals surface area (Å²) in [7, 11) is 0. The van der Waals surface area contributed by atoms with Crippen molar-refractivity contribution < 1.29 is 9.84 Å². The van der Waals surface area contributed by atoms with E-state index in [0.29, 0.717) is 12.5 Å². The average molecular weight is 489 g/mol. The number of aliphatic hydroxyl groups is 1. The minimum absolute atomic E-state index is 0.316. The van der Waals surface area contributed by atoms with Crippen molar-refractivity contribution in [2.45, 2.75) is 117 Å². The number of fused-ring (bicyclic) bond motifs is 1. The molecule has 4 nitrogen and oxygen atoms in total. The first kappa shape index (κ1) is 29.0. The number of thiazole rings is 1. The van der Waals surface area contributed by atoms with E-state index in [0.717, 1.165) is 75.8 Å². The molecule has 1 N–H and O–H groups in total. The van der Waals surface area contributed by atoms with Crippen LogP contribution in [0.4, 0.5) is 0 Å². The summed E-state index contributed by atoms with van der Waals surface area (Å²) < 4.78 is 6.28. The number of aromatic nitrogens is 1. The zero-order chi connectivity index (χ0) is 25.1. The molecule has 0 saturated heterocycles. The number of ether oxygens (including phenoxy) is 1. The molecule has 1 aliphatic rings. The van der Waals surface area contributed by atoms with Crippen molar-refractivity contribution in [2.75, 3.05) is 6.54 Å². The van der Waals surface area contributed by atoms with Crippen molar-refractivity contribution in [3.63, 3.8) is 0 Å². The third-order valence-corrected chi connectivity index (χ3v) is 8.10. The Bertz CT molecular complexity index is 813. The number of hydrogen-bond donors (Lipinski definition) is 1. The third-order valence-electron chi connectivity index (χ3n) is 7.07. The molecule has 0 bridgehead atoms. The molecule has 2 unspecified atom stereocenters. The van der Waals surface area contributed by atoms with Crippen molar-refractivity contribution in [3.05, 3.63) is 46.0 Å². The first-order valence-electron chi connectivity index (χ1n) is 13.3. The maximum Gasteiger partial charge on any atom is 0.216 e. The van der Waals surface area contributed by atoms with Gasteiger partial charge < -0.3 is 9.84 Å². The van der Waals surface area contributed by atoms with Crippen LogP contribution in [0.15, 0.2) is 30.4 Å². The average Bonchev–Trinajstić information content (AvgIpc) is 3.19. The first-order valence-corrected chi connectivity index (χ1v) is 14.1. The van der Waals surface area contributed by atoms with Crippen LogP contribution in [0.3, 0.4) is 0 Å². The Morgan fingerprint density at radius 1 is 1.24 bits per heavy atom. The fourth-order valence-electron chi connectivity index (χ4n) is 4.45. The molecule has 1 aliphatic heterocycles. The zero-order valence-corrected chi connectivity index (χ0v) is 23.2. The van der Waals surface area contributed by atoms with Crippen LogP contribution in [0, 0.1) is 5.92 Å². The predicted molar refractivity (Wildman–Crippen MR) is 147 cm³/mol. The van der Waals surface area contributed by atoms with Gasteiger partial charge in [0.2, 0.25) is 6.41 Å². The van der Waals surface area contributed by atoms with E-state index < -0.39 is 6.41 Å². The van der Waals surface area contributed by atoms with Gasteiger partial charge in [-0.05, 0) is 57.4 Å². The van der Waals surface area contributed by atoms with E-state index in [-0.39, 0.29) is 5.60 Å². The summed E-state index contributed by atoms with van der Waals surface area (Å²) in [4.78, 5) is 8.26.